The molecule has 33 heavy (non-hydrogen) atoms. The van der Waals surface area contributed by atoms with Crippen LogP contribution in [0, 0.1) is 12.7 Å². The van der Waals surface area contributed by atoms with E-state index in [0.29, 0.717) is 48.4 Å². The Bertz CT molecular complexity index is 1390. The first kappa shape index (κ1) is 21.1. The number of hydrogen-bond acceptors (Lipinski definition) is 6. The van der Waals surface area contributed by atoms with Crippen molar-refractivity contribution < 1.29 is 9.18 Å². The van der Waals surface area contributed by atoms with E-state index >= 15 is 0 Å². The Balaban J connectivity index is 1.61. The van der Waals surface area contributed by atoms with Gasteiger partial charge in [-0.25, -0.2) is 4.39 Å². The van der Waals surface area contributed by atoms with Crippen LogP contribution in [0.25, 0.3) is 11.1 Å². The Morgan fingerprint density at radius 1 is 1.21 bits per heavy atom. The quantitative estimate of drug-likeness (QED) is 0.465. The first-order valence-electron chi connectivity index (χ1n) is 10.5. The van der Waals surface area contributed by atoms with E-state index in [1.165, 1.54) is 12.3 Å². The minimum Gasteiger partial charge on any atom is -0.332 e. The van der Waals surface area contributed by atoms with E-state index in [-0.39, 0.29) is 17.3 Å². The van der Waals surface area contributed by atoms with Gasteiger partial charge in [0.15, 0.2) is 5.69 Å². The van der Waals surface area contributed by atoms with Gasteiger partial charge in [0.1, 0.15) is 5.82 Å². The number of benzene rings is 1. The summed E-state index contributed by atoms with van der Waals surface area (Å²) >= 11 is 0.996. The molecule has 0 radical (unpaired) electrons. The van der Waals surface area contributed by atoms with Gasteiger partial charge in [-0.05, 0) is 53.4 Å². The maximum Gasteiger partial charge on any atom is 0.275 e. The molecule has 0 saturated heterocycles. The van der Waals surface area contributed by atoms with Crippen molar-refractivity contribution in [3.63, 3.8) is 0 Å². The van der Waals surface area contributed by atoms with E-state index in [1.54, 1.807) is 40.9 Å². The molecule has 5 rings (SSSR count). The zero-order valence-corrected chi connectivity index (χ0v) is 18.7. The third kappa shape index (κ3) is 4.07. The fourth-order valence-electron chi connectivity index (χ4n) is 4.17. The Morgan fingerprint density at radius 2 is 2.09 bits per heavy atom. The maximum atomic E-state index is 13.9. The summed E-state index contributed by atoms with van der Waals surface area (Å²) in [6.07, 6.45) is 5.44. The third-order valence-electron chi connectivity index (χ3n) is 5.87. The molecule has 0 atom stereocenters. The van der Waals surface area contributed by atoms with E-state index in [0.717, 1.165) is 28.5 Å². The Morgan fingerprint density at radius 3 is 2.82 bits per heavy atom. The lowest BCUT2D eigenvalue weighted by atomic mass is 9.97. The molecule has 1 aliphatic heterocycles. The number of pyridine rings is 2. The summed E-state index contributed by atoms with van der Waals surface area (Å²) in [4.78, 5) is 32.3. The number of hydrogen-bond donors (Lipinski definition) is 0. The molecule has 166 valence electrons. The van der Waals surface area contributed by atoms with Crippen LogP contribution in [-0.2, 0) is 19.5 Å². The molecule has 0 aliphatic carbocycles. The minimum absolute atomic E-state index is 0.146. The van der Waals surface area contributed by atoms with Gasteiger partial charge in [0.2, 0.25) is 0 Å². The predicted octanol–water partition coefficient (Wildman–Crippen LogP) is 3.46. The molecular formula is C24H20FN5O2S. The largest absolute Gasteiger partial charge is 0.332 e. The summed E-state index contributed by atoms with van der Waals surface area (Å²) in [5, 5.41) is 0. The van der Waals surface area contributed by atoms with Crippen molar-refractivity contribution >= 4 is 17.6 Å². The first-order chi connectivity index (χ1) is 16.0. The van der Waals surface area contributed by atoms with Crippen molar-refractivity contribution in [2.75, 3.05) is 6.54 Å². The van der Waals surface area contributed by atoms with Crippen LogP contribution >= 0.6 is 11.7 Å². The molecule has 0 N–H and O–H groups in total. The third-order valence-corrected chi connectivity index (χ3v) is 6.35. The smallest absolute Gasteiger partial charge is 0.275 e. The maximum absolute atomic E-state index is 13.9. The summed E-state index contributed by atoms with van der Waals surface area (Å²) in [6.45, 7) is 2.87. The highest BCUT2D eigenvalue weighted by Crippen LogP contribution is 2.26. The number of carbonyl (C=O) groups is 1. The number of nitrogens with zero attached hydrogens (tertiary/aromatic N) is 5. The highest BCUT2D eigenvalue weighted by Gasteiger charge is 2.27. The standard InChI is InChI=1S/C24H20FN5O2S/c1-15-9-17(4-5-20(15)25)19-10-18-14-29(24(32)21-12-27-33-28-21)8-6-22(18)30(23(19)31)13-16-3-2-7-26-11-16/h2-5,7,9-12H,6,8,13-14H2,1H3. The molecule has 0 bridgehead atoms. The summed E-state index contributed by atoms with van der Waals surface area (Å²) in [5.41, 5.74) is 4.45. The number of aromatic nitrogens is 4. The molecule has 9 heteroatoms. The first-order valence-corrected chi connectivity index (χ1v) is 11.2. The number of rotatable bonds is 4. The highest BCUT2D eigenvalue weighted by molar-refractivity contribution is 6.99. The van der Waals surface area contributed by atoms with Gasteiger partial charge < -0.3 is 9.47 Å². The molecule has 1 aliphatic rings. The number of carbonyl (C=O) groups excluding carboxylic acids is 1. The summed E-state index contributed by atoms with van der Waals surface area (Å²) in [5.74, 6) is -0.500. The fourth-order valence-corrected chi connectivity index (χ4v) is 4.58. The zero-order chi connectivity index (χ0) is 22.9. The second-order valence-electron chi connectivity index (χ2n) is 8.02. The van der Waals surface area contributed by atoms with Crippen molar-refractivity contribution in [1.29, 1.82) is 0 Å². The van der Waals surface area contributed by atoms with Crippen LogP contribution in [0.1, 0.15) is 32.9 Å². The molecule has 4 aromatic rings. The van der Waals surface area contributed by atoms with E-state index in [9.17, 15) is 14.0 Å². The van der Waals surface area contributed by atoms with Gasteiger partial charge in [-0.1, -0.05) is 12.1 Å². The summed E-state index contributed by atoms with van der Waals surface area (Å²) < 4.78 is 23.6. The van der Waals surface area contributed by atoms with Gasteiger partial charge in [-0.3, -0.25) is 14.6 Å². The van der Waals surface area contributed by atoms with Gasteiger partial charge in [0.05, 0.1) is 24.5 Å². The molecule has 0 unspecified atom stereocenters. The molecule has 0 fully saturated rings. The van der Waals surface area contributed by atoms with Crippen LogP contribution in [0.5, 0.6) is 0 Å². The monoisotopic (exact) mass is 461 g/mol. The lowest BCUT2D eigenvalue weighted by Gasteiger charge is -2.30. The van der Waals surface area contributed by atoms with Crippen LogP contribution < -0.4 is 5.56 Å². The zero-order valence-electron chi connectivity index (χ0n) is 17.9. The van der Waals surface area contributed by atoms with Crippen molar-refractivity contribution in [1.82, 2.24) is 23.2 Å². The van der Waals surface area contributed by atoms with Gasteiger partial charge in [-0.2, -0.15) is 8.75 Å². The van der Waals surface area contributed by atoms with E-state index in [2.05, 4.69) is 13.7 Å². The van der Waals surface area contributed by atoms with Gasteiger partial charge in [0, 0.05) is 43.2 Å². The number of amides is 1. The summed E-state index contributed by atoms with van der Waals surface area (Å²) in [7, 11) is 0. The molecule has 0 spiro atoms. The minimum atomic E-state index is -0.318. The SMILES string of the molecule is Cc1cc(-c2cc3c(n(Cc4cccnc4)c2=O)CCN(C(=O)c2cnsn2)C3)ccc1F. The molecule has 7 nitrogen and oxygen atoms in total. The molecule has 0 saturated carbocycles. The van der Waals surface area contributed by atoms with Gasteiger partial charge in [-0.15, -0.1) is 0 Å². The lowest BCUT2D eigenvalue weighted by Crippen LogP contribution is -2.39. The molecule has 4 heterocycles. The molecule has 1 aromatic carbocycles. The molecular weight excluding hydrogens is 441 g/mol. The van der Waals surface area contributed by atoms with Crippen LogP contribution in [-0.4, -0.2) is 35.7 Å². The highest BCUT2D eigenvalue weighted by atomic mass is 32.1. The Labute approximate surface area is 193 Å². The average molecular weight is 462 g/mol. The second-order valence-corrected chi connectivity index (χ2v) is 8.57. The average Bonchev–Trinajstić information content (AvgIpc) is 3.37. The Kier molecular flexibility index (Phi) is 5.55. The van der Waals surface area contributed by atoms with Crippen LogP contribution in [0.2, 0.25) is 0 Å². The van der Waals surface area contributed by atoms with E-state index in [4.69, 9.17) is 0 Å². The van der Waals surface area contributed by atoms with Crippen molar-refractivity contribution in [3.05, 3.63) is 99.2 Å². The van der Waals surface area contributed by atoms with E-state index in [1.807, 2.05) is 18.2 Å². The van der Waals surface area contributed by atoms with Crippen molar-refractivity contribution in [2.45, 2.75) is 26.4 Å². The van der Waals surface area contributed by atoms with Crippen molar-refractivity contribution in [2.24, 2.45) is 0 Å². The lowest BCUT2D eigenvalue weighted by molar-refractivity contribution is 0.0727. The normalized spacial score (nSPS) is 13.1. The fraction of sp³-hybridized carbons (Fsp3) is 0.208. The number of aryl methyl sites for hydroxylation is 1. The topological polar surface area (TPSA) is 81.0 Å². The van der Waals surface area contributed by atoms with Gasteiger partial charge >= 0.3 is 0 Å². The van der Waals surface area contributed by atoms with Crippen LogP contribution in [0.15, 0.2) is 59.8 Å². The van der Waals surface area contributed by atoms with Crippen molar-refractivity contribution in [3.8, 4) is 11.1 Å². The van der Waals surface area contributed by atoms with Crippen LogP contribution in [0.3, 0.4) is 0 Å². The predicted molar refractivity (Wildman–Crippen MR) is 123 cm³/mol. The number of halogens is 1. The number of fused-ring (bicyclic) bond motifs is 1. The molecule has 1 amide bonds. The Hall–Kier alpha value is -3.72. The van der Waals surface area contributed by atoms with Gasteiger partial charge in [0.25, 0.3) is 11.5 Å². The summed E-state index contributed by atoms with van der Waals surface area (Å²) in [6, 6.07) is 10.3. The molecule has 3 aromatic heterocycles. The second kappa shape index (κ2) is 8.67. The van der Waals surface area contributed by atoms with E-state index < -0.39 is 0 Å². The van der Waals surface area contributed by atoms with Crippen LogP contribution in [0.4, 0.5) is 4.39 Å².